The molecule has 2 atom stereocenters. The van der Waals surface area contributed by atoms with Crippen LogP contribution in [0, 0.1) is 0 Å². The molecule has 0 radical (unpaired) electrons. The molecule has 1 fully saturated rings. The highest BCUT2D eigenvalue weighted by molar-refractivity contribution is 7.75. The number of hydrogen-bond donors (Lipinski definition) is 1. The Balaban J connectivity index is 2.32. The minimum Gasteiger partial charge on any atom is -0.394 e. The molecule has 1 saturated heterocycles. The van der Waals surface area contributed by atoms with E-state index in [0.29, 0.717) is 0 Å². The zero-order valence-corrected chi connectivity index (χ0v) is 4.89. The molecule has 0 bridgehead atoms. The van der Waals surface area contributed by atoms with E-state index in [4.69, 9.17) is 5.11 Å². The summed E-state index contributed by atoms with van der Waals surface area (Å²) in [4.78, 5) is 0. The Labute approximate surface area is 49.3 Å². The monoisotopic (exact) mass is 138 g/mol. The van der Waals surface area contributed by atoms with Gasteiger partial charge in [-0.05, 0) is 0 Å². The zero-order chi connectivity index (χ0) is 5.98. The zero-order valence-electron chi connectivity index (χ0n) is 4.07. The molecule has 1 aliphatic heterocycles. The van der Waals surface area contributed by atoms with Crippen LogP contribution in [0.2, 0.25) is 0 Å². The topological polar surface area (TPSA) is 55.8 Å². The number of hydrogen-bond acceptors (Lipinski definition) is 4. The van der Waals surface area contributed by atoms with Crippen LogP contribution < -0.4 is 0 Å². The summed E-state index contributed by atoms with van der Waals surface area (Å²) >= 11 is -1.61. The molecule has 5 heteroatoms. The maximum Gasteiger partial charge on any atom is 0.305 e. The van der Waals surface area contributed by atoms with Crippen molar-refractivity contribution in [3.8, 4) is 0 Å². The van der Waals surface area contributed by atoms with Crippen LogP contribution in [0.4, 0.5) is 0 Å². The van der Waals surface area contributed by atoms with E-state index in [2.05, 4.69) is 8.37 Å². The molecule has 4 nitrogen and oxygen atoms in total. The average molecular weight is 138 g/mol. The lowest BCUT2D eigenvalue weighted by molar-refractivity contribution is 0.137. The van der Waals surface area contributed by atoms with Gasteiger partial charge in [0.05, 0.1) is 13.2 Å². The molecule has 8 heavy (non-hydrogen) atoms. The highest BCUT2D eigenvalue weighted by atomic mass is 32.2. The van der Waals surface area contributed by atoms with Gasteiger partial charge in [0, 0.05) is 0 Å². The second-order valence-electron chi connectivity index (χ2n) is 1.39. The van der Waals surface area contributed by atoms with Crippen LogP contribution in [0.25, 0.3) is 0 Å². The number of aliphatic hydroxyl groups excluding tert-OH is 1. The van der Waals surface area contributed by atoms with Gasteiger partial charge in [0.2, 0.25) is 0 Å². The first kappa shape index (κ1) is 6.15. The fraction of sp³-hybridized carbons (Fsp3) is 1.00. The Kier molecular flexibility index (Phi) is 1.95. The molecule has 0 aromatic heterocycles. The minimum atomic E-state index is -1.61. The third kappa shape index (κ3) is 1.25. The Morgan fingerprint density at radius 3 is 2.88 bits per heavy atom. The van der Waals surface area contributed by atoms with Crippen molar-refractivity contribution in [1.29, 1.82) is 0 Å². The molecule has 0 aliphatic carbocycles. The molecule has 1 aliphatic rings. The van der Waals surface area contributed by atoms with Crippen LogP contribution in [-0.4, -0.2) is 28.6 Å². The smallest absolute Gasteiger partial charge is 0.305 e. The Morgan fingerprint density at radius 1 is 1.88 bits per heavy atom. The summed E-state index contributed by atoms with van der Waals surface area (Å²) in [6.07, 6.45) is -0.393. The summed E-state index contributed by atoms with van der Waals surface area (Å²) < 4.78 is 19.1. The van der Waals surface area contributed by atoms with Gasteiger partial charge in [0.25, 0.3) is 0 Å². The molecule has 0 aromatic carbocycles. The lowest BCUT2D eigenvalue weighted by Gasteiger charge is -1.95. The van der Waals surface area contributed by atoms with Crippen LogP contribution in [0.5, 0.6) is 0 Å². The largest absolute Gasteiger partial charge is 0.394 e. The van der Waals surface area contributed by atoms with Crippen LogP contribution in [0.1, 0.15) is 0 Å². The molecule has 1 heterocycles. The Bertz CT molecular complexity index is 103. The third-order valence-corrected chi connectivity index (χ3v) is 1.53. The van der Waals surface area contributed by atoms with E-state index < -0.39 is 17.5 Å². The van der Waals surface area contributed by atoms with E-state index in [1.54, 1.807) is 0 Å². The number of rotatable bonds is 1. The van der Waals surface area contributed by atoms with Crippen molar-refractivity contribution in [3.05, 3.63) is 0 Å². The number of aliphatic hydroxyl groups is 1. The predicted molar refractivity (Wildman–Crippen MR) is 26.1 cm³/mol. The first-order chi connectivity index (χ1) is 3.83. The molecule has 0 saturated carbocycles. The van der Waals surface area contributed by atoms with E-state index in [1.165, 1.54) is 0 Å². The molecule has 0 spiro atoms. The second kappa shape index (κ2) is 2.54. The maximum absolute atomic E-state index is 10.2. The van der Waals surface area contributed by atoms with Gasteiger partial charge in [0.15, 0.2) is 0 Å². The van der Waals surface area contributed by atoms with Crippen LogP contribution >= 0.6 is 0 Å². The van der Waals surface area contributed by atoms with Gasteiger partial charge in [-0.15, -0.1) is 0 Å². The minimum absolute atomic E-state index is 0.133. The second-order valence-corrected chi connectivity index (χ2v) is 2.23. The lowest BCUT2D eigenvalue weighted by atomic mass is 10.4. The van der Waals surface area contributed by atoms with Gasteiger partial charge in [-0.25, -0.2) is 0 Å². The fourth-order valence-corrected chi connectivity index (χ4v) is 1.04. The van der Waals surface area contributed by atoms with Gasteiger partial charge in [0.1, 0.15) is 6.10 Å². The fourth-order valence-electron chi connectivity index (χ4n) is 0.381. The normalized spacial score (nSPS) is 38.1. The van der Waals surface area contributed by atoms with E-state index in [0.717, 1.165) is 0 Å². The third-order valence-electron chi connectivity index (χ3n) is 0.768. The van der Waals surface area contributed by atoms with Crippen molar-refractivity contribution in [2.24, 2.45) is 0 Å². The summed E-state index contributed by atoms with van der Waals surface area (Å²) in [7, 11) is 0. The summed E-state index contributed by atoms with van der Waals surface area (Å²) in [5, 5.41) is 8.34. The molecular formula is C3H6O4S. The van der Waals surface area contributed by atoms with Crippen molar-refractivity contribution < 1.29 is 17.7 Å². The van der Waals surface area contributed by atoms with Gasteiger partial charge in [-0.1, -0.05) is 0 Å². The molecule has 0 aromatic rings. The van der Waals surface area contributed by atoms with Gasteiger partial charge >= 0.3 is 11.4 Å². The SMILES string of the molecule is O=[S@@]1OC[C@H](CO)O1. The Hall–Kier alpha value is 0.0300. The first-order valence-electron chi connectivity index (χ1n) is 2.16. The summed E-state index contributed by atoms with van der Waals surface area (Å²) in [5.74, 6) is 0. The summed E-state index contributed by atoms with van der Waals surface area (Å²) in [5.41, 5.74) is 0. The summed E-state index contributed by atoms with van der Waals surface area (Å²) in [6, 6.07) is 0. The molecular weight excluding hydrogens is 132 g/mol. The maximum atomic E-state index is 10.2. The quantitative estimate of drug-likeness (QED) is 0.503. The summed E-state index contributed by atoms with van der Waals surface area (Å²) in [6.45, 7) is 0.0921. The van der Waals surface area contributed by atoms with Gasteiger partial charge < -0.3 is 5.11 Å². The van der Waals surface area contributed by atoms with E-state index in [1.807, 2.05) is 0 Å². The molecule has 0 amide bonds. The van der Waals surface area contributed by atoms with Gasteiger partial charge in [-0.2, -0.15) is 4.21 Å². The Morgan fingerprint density at radius 2 is 2.62 bits per heavy atom. The van der Waals surface area contributed by atoms with Crippen molar-refractivity contribution in [2.45, 2.75) is 6.10 Å². The highest BCUT2D eigenvalue weighted by Crippen LogP contribution is 2.06. The van der Waals surface area contributed by atoms with E-state index >= 15 is 0 Å². The molecule has 1 N–H and O–H groups in total. The van der Waals surface area contributed by atoms with Gasteiger partial charge in [-0.3, -0.25) is 8.37 Å². The first-order valence-corrected chi connectivity index (χ1v) is 3.16. The molecule has 0 unspecified atom stereocenters. The average Bonchev–Trinajstić information content (AvgIpc) is 2.14. The van der Waals surface area contributed by atoms with Crippen LogP contribution in [0.3, 0.4) is 0 Å². The molecule has 1 rings (SSSR count). The van der Waals surface area contributed by atoms with Crippen molar-refractivity contribution in [2.75, 3.05) is 13.2 Å². The van der Waals surface area contributed by atoms with Crippen LogP contribution in [0.15, 0.2) is 0 Å². The lowest BCUT2D eigenvalue weighted by Crippen LogP contribution is -2.13. The van der Waals surface area contributed by atoms with Crippen LogP contribution in [-0.2, 0) is 19.7 Å². The van der Waals surface area contributed by atoms with E-state index in [-0.39, 0.29) is 13.2 Å². The molecule has 48 valence electrons. The standard InChI is InChI=1S/C3H6O4S/c4-1-3-2-6-8(5)7-3/h3-4H,1-2H2/t3-,8+/m0/s1. The highest BCUT2D eigenvalue weighted by Gasteiger charge is 2.21. The van der Waals surface area contributed by atoms with Crippen molar-refractivity contribution in [1.82, 2.24) is 0 Å². The van der Waals surface area contributed by atoms with Crippen molar-refractivity contribution >= 4 is 11.4 Å². The van der Waals surface area contributed by atoms with E-state index in [9.17, 15) is 4.21 Å². The predicted octanol–water partition coefficient (Wildman–Crippen LogP) is -1.03. The van der Waals surface area contributed by atoms with Crippen molar-refractivity contribution in [3.63, 3.8) is 0 Å².